The van der Waals surface area contributed by atoms with Crippen LogP contribution in [-0.2, 0) is 6.42 Å². The summed E-state index contributed by atoms with van der Waals surface area (Å²) in [7, 11) is 0. The highest BCUT2D eigenvalue weighted by Crippen LogP contribution is 2.13. The van der Waals surface area contributed by atoms with E-state index in [1.807, 2.05) is 0 Å². The predicted octanol–water partition coefficient (Wildman–Crippen LogP) is 4.78. The first kappa shape index (κ1) is 13.0. The third-order valence-electron chi connectivity index (χ3n) is 3.33. The Bertz CT molecular complexity index is 334. The van der Waals surface area contributed by atoms with Crippen LogP contribution >= 0.6 is 0 Å². The Labute approximate surface area is 100 Å². The summed E-state index contributed by atoms with van der Waals surface area (Å²) in [5, 5.41) is 0. The molecule has 0 saturated carbocycles. The second kappa shape index (κ2) is 6.52. The van der Waals surface area contributed by atoms with Crippen molar-refractivity contribution in [2.75, 3.05) is 0 Å². The Morgan fingerprint density at radius 1 is 1.12 bits per heavy atom. The van der Waals surface area contributed by atoms with Gasteiger partial charge in [-0.3, -0.25) is 0 Å². The smallest absolute Gasteiger partial charge is 0.0239 e. The third kappa shape index (κ3) is 4.22. The minimum atomic E-state index is 0.692. The molecule has 0 saturated heterocycles. The molecule has 1 aromatic carbocycles. The Morgan fingerprint density at radius 3 is 2.44 bits per heavy atom. The highest BCUT2D eigenvalue weighted by atomic mass is 14.1. The van der Waals surface area contributed by atoms with Crippen molar-refractivity contribution in [3.8, 4) is 0 Å². The fourth-order valence-electron chi connectivity index (χ4n) is 1.66. The highest BCUT2D eigenvalue weighted by molar-refractivity contribution is 5.25. The van der Waals surface area contributed by atoms with Gasteiger partial charge in [-0.25, -0.2) is 0 Å². The summed E-state index contributed by atoms with van der Waals surface area (Å²) >= 11 is 0. The van der Waals surface area contributed by atoms with Crippen molar-refractivity contribution in [3.63, 3.8) is 0 Å². The van der Waals surface area contributed by atoms with E-state index in [4.69, 9.17) is 0 Å². The number of aryl methyl sites for hydroxylation is 2. The van der Waals surface area contributed by atoms with Crippen molar-refractivity contribution in [3.05, 3.63) is 47.5 Å². The van der Waals surface area contributed by atoms with Gasteiger partial charge in [0.15, 0.2) is 0 Å². The van der Waals surface area contributed by atoms with Gasteiger partial charge in [0.25, 0.3) is 0 Å². The fourth-order valence-corrected chi connectivity index (χ4v) is 1.66. The van der Waals surface area contributed by atoms with E-state index in [1.165, 1.54) is 11.1 Å². The van der Waals surface area contributed by atoms with E-state index in [2.05, 4.69) is 64.1 Å². The van der Waals surface area contributed by atoms with E-state index >= 15 is 0 Å². The summed E-state index contributed by atoms with van der Waals surface area (Å²) in [6.45, 7) is 9.03. The van der Waals surface area contributed by atoms with Crippen LogP contribution < -0.4 is 0 Å². The van der Waals surface area contributed by atoms with Gasteiger partial charge >= 0.3 is 0 Å². The molecule has 0 aliphatic heterocycles. The summed E-state index contributed by atoms with van der Waals surface area (Å²) in [6.07, 6.45) is 7.00. The van der Waals surface area contributed by atoms with Crippen LogP contribution in [0, 0.1) is 18.8 Å². The molecule has 0 heteroatoms. The molecule has 0 aromatic heterocycles. The molecular weight excluding hydrogens is 192 g/mol. The monoisotopic (exact) mass is 216 g/mol. The zero-order valence-electron chi connectivity index (χ0n) is 11.0. The van der Waals surface area contributed by atoms with Crippen molar-refractivity contribution in [2.24, 2.45) is 11.8 Å². The lowest BCUT2D eigenvalue weighted by Crippen LogP contribution is -1.99. The minimum absolute atomic E-state index is 0.692. The molecule has 88 valence electrons. The maximum Gasteiger partial charge on any atom is -0.0239 e. The minimum Gasteiger partial charge on any atom is -0.0879 e. The fraction of sp³-hybridized carbons (Fsp3) is 0.500. The van der Waals surface area contributed by atoms with Crippen molar-refractivity contribution in [1.29, 1.82) is 0 Å². The van der Waals surface area contributed by atoms with Crippen molar-refractivity contribution < 1.29 is 0 Å². The number of rotatable bonds is 5. The van der Waals surface area contributed by atoms with Gasteiger partial charge in [0.05, 0.1) is 0 Å². The van der Waals surface area contributed by atoms with Crippen LogP contribution in [0.3, 0.4) is 0 Å². The molecule has 0 spiro atoms. The number of hydrogen-bond acceptors (Lipinski definition) is 0. The van der Waals surface area contributed by atoms with Crippen molar-refractivity contribution in [2.45, 2.75) is 40.5 Å². The maximum atomic E-state index is 2.35. The van der Waals surface area contributed by atoms with Crippen LogP contribution in [0.4, 0.5) is 0 Å². The summed E-state index contributed by atoms with van der Waals surface area (Å²) in [5.41, 5.74) is 2.89. The number of allylic oxidation sites excluding steroid dienone is 2. The molecule has 1 aromatic rings. The molecule has 0 radical (unpaired) electrons. The molecule has 0 heterocycles. The Balaban J connectivity index is 2.39. The first-order chi connectivity index (χ1) is 7.61. The first-order valence-electron chi connectivity index (χ1n) is 6.32. The van der Waals surface area contributed by atoms with Crippen LogP contribution in [0.2, 0.25) is 0 Å². The van der Waals surface area contributed by atoms with Gasteiger partial charge in [-0.2, -0.15) is 0 Å². The van der Waals surface area contributed by atoms with Gasteiger partial charge in [0.2, 0.25) is 0 Å². The Kier molecular flexibility index (Phi) is 5.31. The maximum absolute atomic E-state index is 2.35. The van der Waals surface area contributed by atoms with Gasteiger partial charge in [-0.05, 0) is 42.7 Å². The summed E-state index contributed by atoms with van der Waals surface area (Å²) in [4.78, 5) is 0. The van der Waals surface area contributed by atoms with E-state index in [-0.39, 0.29) is 0 Å². The lowest BCUT2D eigenvalue weighted by atomic mass is 9.97. The molecule has 0 bridgehead atoms. The van der Waals surface area contributed by atoms with Crippen LogP contribution in [-0.4, -0.2) is 0 Å². The molecule has 0 aliphatic carbocycles. The lowest BCUT2D eigenvalue weighted by Gasteiger charge is -2.09. The SMILES string of the molecule is Cc1ccccc1CCC=CC(C)C(C)C. The molecule has 1 rings (SSSR count). The van der Waals surface area contributed by atoms with E-state index in [1.54, 1.807) is 0 Å². The molecule has 0 N–H and O–H groups in total. The molecule has 0 nitrogen and oxygen atoms in total. The Morgan fingerprint density at radius 2 is 1.81 bits per heavy atom. The van der Waals surface area contributed by atoms with E-state index < -0.39 is 0 Å². The molecule has 1 unspecified atom stereocenters. The summed E-state index contributed by atoms with van der Waals surface area (Å²) < 4.78 is 0. The largest absolute Gasteiger partial charge is 0.0879 e. The predicted molar refractivity (Wildman–Crippen MR) is 72.6 cm³/mol. The highest BCUT2D eigenvalue weighted by Gasteiger charge is 2.01. The van der Waals surface area contributed by atoms with E-state index in [0.717, 1.165) is 18.8 Å². The van der Waals surface area contributed by atoms with Gasteiger partial charge in [0, 0.05) is 0 Å². The second-order valence-corrected chi connectivity index (χ2v) is 5.00. The molecular formula is C16H24. The average molecular weight is 216 g/mol. The van der Waals surface area contributed by atoms with E-state index in [0.29, 0.717) is 5.92 Å². The van der Waals surface area contributed by atoms with Gasteiger partial charge in [0.1, 0.15) is 0 Å². The first-order valence-corrected chi connectivity index (χ1v) is 6.32. The van der Waals surface area contributed by atoms with Crippen LogP contribution in [0.15, 0.2) is 36.4 Å². The van der Waals surface area contributed by atoms with Crippen molar-refractivity contribution >= 4 is 0 Å². The van der Waals surface area contributed by atoms with Crippen LogP contribution in [0.1, 0.15) is 38.3 Å². The lowest BCUT2D eigenvalue weighted by molar-refractivity contribution is 0.503. The standard InChI is InChI=1S/C16H24/c1-13(2)14(3)9-5-7-11-16-12-8-6-10-15(16)4/h5-6,8-10,12-14H,7,11H2,1-4H3. The zero-order valence-corrected chi connectivity index (χ0v) is 11.0. The normalized spacial score (nSPS) is 13.6. The van der Waals surface area contributed by atoms with E-state index in [9.17, 15) is 0 Å². The number of benzene rings is 1. The third-order valence-corrected chi connectivity index (χ3v) is 3.33. The van der Waals surface area contributed by atoms with Gasteiger partial charge < -0.3 is 0 Å². The second-order valence-electron chi connectivity index (χ2n) is 5.00. The van der Waals surface area contributed by atoms with Crippen LogP contribution in [0.25, 0.3) is 0 Å². The average Bonchev–Trinajstić information content (AvgIpc) is 2.26. The summed E-state index contributed by atoms with van der Waals surface area (Å²) in [6, 6.07) is 8.66. The molecule has 0 fully saturated rings. The molecule has 0 aliphatic rings. The topological polar surface area (TPSA) is 0 Å². The Hall–Kier alpha value is -1.04. The van der Waals surface area contributed by atoms with Gasteiger partial charge in [-0.15, -0.1) is 0 Å². The molecule has 1 atom stereocenters. The van der Waals surface area contributed by atoms with Crippen molar-refractivity contribution in [1.82, 2.24) is 0 Å². The van der Waals surface area contributed by atoms with Crippen LogP contribution in [0.5, 0.6) is 0 Å². The van der Waals surface area contributed by atoms with Gasteiger partial charge in [-0.1, -0.05) is 57.2 Å². The molecule has 16 heavy (non-hydrogen) atoms. The molecule has 0 amide bonds. The zero-order chi connectivity index (χ0) is 12.0. The quantitative estimate of drug-likeness (QED) is 0.622. The summed E-state index contributed by atoms with van der Waals surface area (Å²) in [5.74, 6) is 1.44. The number of hydrogen-bond donors (Lipinski definition) is 0.